The van der Waals surface area contributed by atoms with Crippen molar-refractivity contribution in [2.75, 3.05) is 13.2 Å². The molecule has 0 aliphatic carbocycles. The molecule has 1 saturated heterocycles. The first kappa shape index (κ1) is 19.4. The molecule has 0 atom stereocenters. The summed E-state index contributed by atoms with van der Waals surface area (Å²) in [4.78, 5) is 24.5. The molecular weight excluding hydrogens is 382 g/mol. The van der Waals surface area contributed by atoms with Gasteiger partial charge in [0, 0.05) is 5.56 Å². The van der Waals surface area contributed by atoms with E-state index in [0.29, 0.717) is 33.8 Å². The molecule has 0 unspecified atom stereocenters. The Bertz CT molecular complexity index is 899. The average Bonchev–Trinajstić information content (AvgIpc) is 2.97. The molecule has 0 bridgehead atoms. The predicted octanol–water partition coefficient (Wildman–Crippen LogP) is 3.89. The molecule has 2 heterocycles. The Kier molecular flexibility index (Phi) is 6.13. The Morgan fingerprint density at radius 2 is 2.22 bits per heavy atom. The molecule has 140 valence electrons. The number of thiocarbonyl (C=S) groups is 1. The maximum absolute atomic E-state index is 12.2. The molecule has 0 radical (unpaired) electrons. The number of allylic oxidation sites excluding steroid dienone is 2. The second kappa shape index (κ2) is 8.54. The lowest BCUT2D eigenvalue weighted by Crippen LogP contribution is -2.17. The zero-order valence-corrected chi connectivity index (χ0v) is 16.7. The summed E-state index contributed by atoms with van der Waals surface area (Å²) in [5.74, 6) is 0.156. The SMILES string of the molecule is CCCOC(=O)c1cc(C2=CC=C(/C=C3\SC(=S)NC3=O)CO2)ccc1C. The lowest BCUT2D eigenvalue weighted by Gasteiger charge is -2.16. The number of ether oxygens (including phenoxy) is 2. The van der Waals surface area contributed by atoms with Crippen LogP contribution in [-0.4, -0.2) is 29.4 Å². The van der Waals surface area contributed by atoms with Crippen molar-refractivity contribution in [1.82, 2.24) is 5.32 Å². The molecule has 1 N–H and O–H groups in total. The van der Waals surface area contributed by atoms with E-state index in [9.17, 15) is 9.59 Å². The fourth-order valence-electron chi connectivity index (χ4n) is 2.57. The van der Waals surface area contributed by atoms with E-state index in [4.69, 9.17) is 21.7 Å². The highest BCUT2D eigenvalue weighted by Gasteiger charge is 2.23. The fourth-order valence-corrected chi connectivity index (χ4v) is 3.63. The zero-order chi connectivity index (χ0) is 19.4. The van der Waals surface area contributed by atoms with Gasteiger partial charge in [-0.05, 0) is 42.7 Å². The van der Waals surface area contributed by atoms with Crippen LogP contribution in [0.25, 0.3) is 5.76 Å². The number of hydrogen-bond acceptors (Lipinski definition) is 6. The van der Waals surface area contributed by atoms with E-state index in [1.807, 2.05) is 38.1 Å². The molecular formula is C20H19NO4S2. The molecule has 1 amide bonds. The molecule has 0 saturated carbocycles. The molecule has 1 fully saturated rings. The van der Waals surface area contributed by atoms with Gasteiger partial charge in [-0.25, -0.2) is 4.79 Å². The van der Waals surface area contributed by atoms with Crippen LogP contribution < -0.4 is 5.32 Å². The number of aryl methyl sites for hydroxylation is 1. The number of carbonyl (C=O) groups is 2. The molecule has 1 aromatic rings. The Balaban J connectivity index is 1.80. The van der Waals surface area contributed by atoms with Gasteiger partial charge < -0.3 is 14.8 Å². The Hall–Kier alpha value is -2.38. The summed E-state index contributed by atoms with van der Waals surface area (Å²) < 4.78 is 11.5. The predicted molar refractivity (Wildman–Crippen MR) is 110 cm³/mol. The number of hydrogen-bond donors (Lipinski definition) is 1. The molecule has 2 aliphatic heterocycles. The maximum Gasteiger partial charge on any atom is 0.338 e. The minimum atomic E-state index is -0.325. The second-order valence-electron chi connectivity index (χ2n) is 6.08. The minimum absolute atomic E-state index is 0.186. The quantitative estimate of drug-likeness (QED) is 0.459. The van der Waals surface area contributed by atoms with Crippen LogP contribution in [0.5, 0.6) is 0 Å². The largest absolute Gasteiger partial charge is 0.488 e. The van der Waals surface area contributed by atoms with Gasteiger partial charge >= 0.3 is 5.97 Å². The number of amides is 1. The number of thioether (sulfide) groups is 1. The van der Waals surface area contributed by atoms with E-state index < -0.39 is 0 Å². The summed E-state index contributed by atoms with van der Waals surface area (Å²) in [6.45, 7) is 4.57. The van der Waals surface area contributed by atoms with Crippen molar-refractivity contribution in [1.29, 1.82) is 0 Å². The lowest BCUT2D eigenvalue weighted by atomic mass is 10.0. The van der Waals surface area contributed by atoms with Crippen molar-refractivity contribution in [3.8, 4) is 0 Å². The first-order valence-electron chi connectivity index (χ1n) is 8.54. The molecule has 0 aromatic heterocycles. The van der Waals surface area contributed by atoms with Gasteiger partial charge in [-0.15, -0.1) is 0 Å². The Labute approximate surface area is 167 Å². The summed E-state index contributed by atoms with van der Waals surface area (Å²) in [6, 6.07) is 5.58. The van der Waals surface area contributed by atoms with Gasteiger partial charge in [0.2, 0.25) is 0 Å². The Morgan fingerprint density at radius 1 is 1.41 bits per heavy atom. The van der Waals surface area contributed by atoms with Crippen LogP contribution >= 0.6 is 24.0 Å². The monoisotopic (exact) mass is 401 g/mol. The van der Waals surface area contributed by atoms with Gasteiger partial charge in [-0.3, -0.25) is 4.79 Å². The first-order valence-corrected chi connectivity index (χ1v) is 9.77. The van der Waals surface area contributed by atoms with Crippen molar-refractivity contribution >= 4 is 45.9 Å². The highest BCUT2D eigenvalue weighted by atomic mass is 32.2. The smallest absolute Gasteiger partial charge is 0.338 e. The van der Waals surface area contributed by atoms with E-state index in [2.05, 4.69) is 5.32 Å². The maximum atomic E-state index is 12.2. The second-order valence-corrected chi connectivity index (χ2v) is 7.80. The highest BCUT2D eigenvalue weighted by Crippen LogP contribution is 2.28. The van der Waals surface area contributed by atoms with Crippen LogP contribution in [0.3, 0.4) is 0 Å². The zero-order valence-electron chi connectivity index (χ0n) is 15.0. The molecule has 3 rings (SSSR count). The molecule has 0 spiro atoms. The molecule has 27 heavy (non-hydrogen) atoms. The summed E-state index contributed by atoms with van der Waals surface area (Å²) in [7, 11) is 0. The molecule has 2 aliphatic rings. The number of nitrogens with one attached hydrogen (secondary N) is 1. The van der Waals surface area contributed by atoms with Crippen molar-refractivity contribution in [3.63, 3.8) is 0 Å². The molecule has 1 aromatic carbocycles. The van der Waals surface area contributed by atoms with Crippen LogP contribution in [0.1, 0.15) is 34.8 Å². The van der Waals surface area contributed by atoms with E-state index in [-0.39, 0.29) is 11.9 Å². The number of benzene rings is 1. The molecule has 7 heteroatoms. The van der Waals surface area contributed by atoms with Crippen LogP contribution in [-0.2, 0) is 14.3 Å². The normalized spacial score (nSPS) is 17.9. The van der Waals surface area contributed by atoms with Crippen molar-refractivity contribution in [2.45, 2.75) is 20.3 Å². The van der Waals surface area contributed by atoms with Crippen LogP contribution in [0.4, 0.5) is 0 Å². The third-order valence-electron chi connectivity index (χ3n) is 3.98. The topological polar surface area (TPSA) is 64.6 Å². The average molecular weight is 402 g/mol. The number of rotatable bonds is 5. The van der Waals surface area contributed by atoms with Gasteiger partial charge in [0.15, 0.2) is 0 Å². The van der Waals surface area contributed by atoms with Gasteiger partial charge in [-0.2, -0.15) is 0 Å². The summed E-state index contributed by atoms with van der Waals surface area (Å²) >= 11 is 6.22. The minimum Gasteiger partial charge on any atom is -0.488 e. The van der Waals surface area contributed by atoms with Crippen LogP contribution in [0.15, 0.2) is 46.9 Å². The van der Waals surface area contributed by atoms with E-state index in [0.717, 1.165) is 23.1 Å². The van der Waals surface area contributed by atoms with Crippen molar-refractivity contribution in [2.24, 2.45) is 0 Å². The third kappa shape index (κ3) is 4.67. The summed E-state index contributed by atoms with van der Waals surface area (Å²) in [6.07, 6.45) is 6.28. The van der Waals surface area contributed by atoms with Gasteiger partial charge in [-0.1, -0.05) is 49.1 Å². The Morgan fingerprint density at radius 3 is 2.85 bits per heavy atom. The first-order chi connectivity index (χ1) is 13.0. The van der Waals surface area contributed by atoms with Crippen LogP contribution in [0, 0.1) is 6.92 Å². The van der Waals surface area contributed by atoms with E-state index >= 15 is 0 Å². The number of carbonyl (C=O) groups excluding carboxylic acids is 2. The van der Waals surface area contributed by atoms with E-state index in [1.165, 1.54) is 11.8 Å². The lowest BCUT2D eigenvalue weighted by molar-refractivity contribution is -0.115. The van der Waals surface area contributed by atoms with Crippen molar-refractivity contribution < 1.29 is 19.1 Å². The van der Waals surface area contributed by atoms with Gasteiger partial charge in [0.1, 0.15) is 16.7 Å². The van der Waals surface area contributed by atoms with E-state index in [1.54, 1.807) is 12.1 Å². The van der Waals surface area contributed by atoms with Crippen LogP contribution in [0.2, 0.25) is 0 Å². The summed E-state index contributed by atoms with van der Waals surface area (Å²) in [5.41, 5.74) is 3.07. The summed E-state index contributed by atoms with van der Waals surface area (Å²) in [5, 5.41) is 2.59. The molecule has 5 nitrogen and oxygen atoms in total. The van der Waals surface area contributed by atoms with Gasteiger partial charge in [0.05, 0.1) is 17.1 Å². The standard InChI is InChI=1S/C20H19NO4S2/c1-3-8-24-19(23)15-10-14(6-4-12(15)2)16-7-5-13(11-25-16)9-17-18(22)21-20(26)27-17/h4-7,9-10H,3,8,11H2,1-2H3,(H,21,22,26)/b17-9-. The highest BCUT2D eigenvalue weighted by molar-refractivity contribution is 8.26. The van der Waals surface area contributed by atoms with Gasteiger partial charge in [0.25, 0.3) is 5.91 Å². The number of esters is 1. The van der Waals surface area contributed by atoms with Crippen molar-refractivity contribution in [3.05, 3.63) is 63.6 Å². The third-order valence-corrected chi connectivity index (χ3v) is 5.14. The fraction of sp³-hybridized carbons (Fsp3) is 0.250.